The van der Waals surface area contributed by atoms with Gasteiger partial charge in [0.15, 0.2) is 0 Å². The fourth-order valence-electron chi connectivity index (χ4n) is 1.26. The number of hydrogen-bond acceptors (Lipinski definition) is 2. The minimum Gasteiger partial charge on any atom is -0.354 e. The van der Waals surface area contributed by atoms with Crippen molar-refractivity contribution in [3.63, 3.8) is 0 Å². The molecule has 3 nitrogen and oxygen atoms in total. The van der Waals surface area contributed by atoms with Crippen molar-refractivity contribution in [2.24, 2.45) is 11.1 Å². The first-order valence-electron chi connectivity index (χ1n) is 5.11. The highest BCUT2D eigenvalue weighted by atomic mass is 16.2. The number of hydrogen-bond donors (Lipinski definition) is 2. The summed E-state index contributed by atoms with van der Waals surface area (Å²) < 4.78 is 0. The Labute approximate surface area is 80.1 Å². The summed E-state index contributed by atoms with van der Waals surface area (Å²) in [5.74, 6) is 0.00924. The predicted molar refractivity (Wildman–Crippen MR) is 53.2 cm³/mol. The van der Waals surface area contributed by atoms with E-state index in [1.54, 1.807) is 0 Å². The quantitative estimate of drug-likeness (QED) is 0.670. The maximum Gasteiger partial charge on any atom is 0.236 e. The van der Waals surface area contributed by atoms with Gasteiger partial charge in [-0.05, 0) is 24.7 Å². The molecule has 0 radical (unpaired) electrons. The van der Waals surface area contributed by atoms with Crippen LogP contribution in [-0.2, 0) is 4.79 Å². The molecule has 0 aromatic carbocycles. The van der Waals surface area contributed by atoms with Crippen molar-refractivity contribution in [3.05, 3.63) is 0 Å². The molecule has 0 spiro atoms. The van der Waals surface area contributed by atoms with Crippen molar-refractivity contribution < 1.29 is 4.79 Å². The van der Waals surface area contributed by atoms with E-state index < -0.39 is 0 Å². The van der Waals surface area contributed by atoms with Gasteiger partial charge in [-0.15, -0.1) is 0 Å². The van der Waals surface area contributed by atoms with Gasteiger partial charge in [0, 0.05) is 6.54 Å². The highest BCUT2D eigenvalue weighted by Crippen LogP contribution is 2.43. The molecule has 1 aliphatic carbocycles. The Morgan fingerprint density at radius 3 is 2.69 bits per heavy atom. The largest absolute Gasteiger partial charge is 0.354 e. The molecule has 0 saturated heterocycles. The molecule has 76 valence electrons. The molecule has 0 aromatic heterocycles. The molecule has 1 aliphatic rings. The van der Waals surface area contributed by atoms with Crippen LogP contribution in [0.25, 0.3) is 0 Å². The van der Waals surface area contributed by atoms with Gasteiger partial charge in [0.2, 0.25) is 5.91 Å². The van der Waals surface area contributed by atoms with E-state index in [2.05, 4.69) is 12.2 Å². The molecule has 0 bridgehead atoms. The van der Waals surface area contributed by atoms with Crippen LogP contribution >= 0.6 is 0 Å². The molecule has 13 heavy (non-hydrogen) atoms. The van der Waals surface area contributed by atoms with Gasteiger partial charge in [0.1, 0.15) is 0 Å². The minimum absolute atomic E-state index is 0.00924. The van der Waals surface area contributed by atoms with Crippen LogP contribution in [-0.4, -0.2) is 18.5 Å². The lowest BCUT2D eigenvalue weighted by Crippen LogP contribution is -2.42. The molecule has 0 unspecified atom stereocenters. The Morgan fingerprint density at radius 2 is 2.23 bits per heavy atom. The Morgan fingerprint density at radius 1 is 1.62 bits per heavy atom. The molecular weight excluding hydrogens is 164 g/mol. The second-order valence-electron chi connectivity index (χ2n) is 4.42. The van der Waals surface area contributed by atoms with Crippen molar-refractivity contribution in [1.82, 2.24) is 5.32 Å². The lowest BCUT2D eigenvalue weighted by Gasteiger charge is -2.13. The van der Waals surface area contributed by atoms with Crippen LogP contribution in [0.2, 0.25) is 0 Å². The molecule has 1 saturated carbocycles. The zero-order valence-corrected chi connectivity index (χ0v) is 8.60. The molecule has 3 N–H and O–H groups in total. The van der Waals surface area contributed by atoms with Crippen LogP contribution < -0.4 is 11.1 Å². The average molecular weight is 184 g/mol. The third-order valence-electron chi connectivity index (χ3n) is 2.73. The van der Waals surface area contributed by atoms with Crippen molar-refractivity contribution in [1.29, 1.82) is 0 Å². The summed E-state index contributed by atoms with van der Waals surface area (Å²) >= 11 is 0. The number of nitrogens with two attached hydrogens (primary N) is 1. The molecule has 3 heteroatoms. The highest BCUT2D eigenvalue weighted by molar-refractivity contribution is 5.81. The Kier molecular flexibility index (Phi) is 3.31. The zero-order valence-electron chi connectivity index (χ0n) is 8.60. The van der Waals surface area contributed by atoms with Gasteiger partial charge in [-0.25, -0.2) is 0 Å². The Hall–Kier alpha value is -0.570. The van der Waals surface area contributed by atoms with E-state index in [9.17, 15) is 4.79 Å². The van der Waals surface area contributed by atoms with Crippen LogP contribution in [0.3, 0.4) is 0 Å². The monoisotopic (exact) mass is 184 g/mol. The van der Waals surface area contributed by atoms with Gasteiger partial charge < -0.3 is 11.1 Å². The topological polar surface area (TPSA) is 55.1 Å². The van der Waals surface area contributed by atoms with Crippen LogP contribution in [0.1, 0.15) is 39.5 Å². The number of rotatable bonds is 5. The molecule has 0 aliphatic heterocycles. The van der Waals surface area contributed by atoms with Gasteiger partial charge in [-0.1, -0.05) is 20.3 Å². The van der Waals surface area contributed by atoms with Gasteiger partial charge in [-0.3, -0.25) is 4.79 Å². The van der Waals surface area contributed by atoms with Crippen LogP contribution in [0.15, 0.2) is 0 Å². The second kappa shape index (κ2) is 4.09. The molecule has 0 aromatic rings. The van der Waals surface area contributed by atoms with Crippen LogP contribution in [0.4, 0.5) is 0 Å². The van der Waals surface area contributed by atoms with E-state index in [-0.39, 0.29) is 11.9 Å². The maximum atomic E-state index is 11.4. The van der Waals surface area contributed by atoms with E-state index in [4.69, 9.17) is 5.73 Å². The molecule has 1 fully saturated rings. The number of carbonyl (C=O) groups is 1. The first-order chi connectivity index (χ1) is 6.07. The number of carbonyl (C=O) groups excluding carboxylic acids is 1. The summed E-state index contributed by atoms with van der Waals surface area (Å²) in [7, 11) is 0. The number of nitrogens with one attached hydrogen (secondary N) is 1. The van der Waals surface area contributed by atoms with Crippen molar-refractivity contribution in [2.75, 3.05) is 6.54 Å². The van der Waals surface area contributed by atoms with Gasteiger partial charge >= 0.3 is 0 Å². The van der Waals surface area contributed by atoms with E-state index in [0.717, 1.165) is 19.4 Å². The van der Waals surface area contributed by atoms with Crippen molar-refractivity contribution in [3.8, 4) is 0 Å². The Balaban J connectivity index is 2.16. The van der Waals surface area contributed by atoms with Crippen molar-refractivity contribution >= 4 is 5.91 Å². The van der Waals surface area contributed by atoms with E-state index in [1.165, 1.54) is 12.8 Å². The third-order valence-corrected chi connectivity index (χ3v) is 2.73. The number of amides is 1. The van der Waals surface area contributed by atoms with Gasteiger partial charge in [-0.2, -0.15) is 0 Å². The SMILES string of the molecule is CCC[C@H](N)C(=O)NCC1(C)CC1. The lowest BCUT2D eigenvalue weighted by molar-refractivity contribution is -0.122. The predicted octanol–water partition coefficient (Wildman–Crippen LogP) is 1.03. The summed E-state index contributed by atoms with van der Waals surface area (Å²) in [6, 6.07) is -0.313. The molecule has 0 heterocycles. The third kappa shape index (κ3) is 3.35. The second-order valence-corrected chi connectivity index (χ2v) is 4.42. The summed E-state index contributed by atoms with van der Waals surface area (Å²) in [5.41, 5.74) is 6.04. The van der Waals surface area contributed by atoms with E-state index in [0.29, 0.717) is 5.41 Å². The smallest absolute Gasteiger partial charge is 0.236 e. The fraction of sp³-hybridized carbons (Fsp3) is 0.900. The fourth-order valence-corrected chi connectivity index (χ4v) is 1.26. The maximum absolute atomic E-state index is 11.4. The average Bonchev–Trinajstić information content (AvgIpc) is 2.81. The highest BCUT2D eigenvalue weighted by Gasteiger charge is 2.37. The zero-order chi connectivity index (χ0) is 9.90. The Bertz CT molecular complexity index is 187. The summed E-state index contributed by atoms with van der Waals surface area (Å²) in [5, 5.41) is 2.91. The minimum atomic E-state index is -0.313. The molecule has 1 rings (SSSR count). The first-order valence-corrected chi connectivity index (χ1v) is 5.11. The summed E-state index contributed by atoms with van der Waals surface area (Å²) in [4.78, 5) is 11.4. The van der Waals surface area contributed by atoms with Gasteiger partial charge in [0.05, 0.1) is 6.04 Å². The standard InChI is InChI=1S/C10H20N2O/c1-3-4-8(11)9(13)12-7-10(2)5-6-10/h8H,3-7,11H2,1-2H3,(H,12,13)/t8-/m0/s1. The first kappa shape index (κ1) is 10.5. The van der Waals surface area contributed by atoms with E-state index in [1.807, 2.05) is 6.92 Å². The van der Waals surface area contributed by atoms with Crippen LogP contribution in [0, 0.1) is 5.41 Å². The lowest BCUT2D eigenvalue weighted by atomic mass is 10.1. The van der Waals surface area contributed by atoms with Gasteiger partial charge in [0.25, 0.3) is 0 Å². The molecular formula is C10H20N2O. The van der Waals surface area contributed by atoms with Crippen LogP contribution in [0.5, 0.6) is 0 Å². The molecule has 1 atom stereocenters. The normalized spacial score (nSPS) is 20.8. The molecule has 1 amide bonds. The summed E-state index contributed by atoms with van der Waals surface area (Å²) in [6.07, 6.45) is 4.21. The van der Waals surface area contributed by atoms with E-state index >= 15 is 0 Å². The van der Waals surface area contributed by atoms with Crippen molar-refractivity contribution in [2.45, 2.75) is 45.6 Å². The summed E-state index contributed by atoms with van der Waals surface area (Å²) in [6.45, 7) is 5.03.